The summed E-state index contributed by atoms with van der Waals surface area (Å²) in [5.74, 6) is 1.32. The first-order chi connectivity index (χ1) is 12.3. The monoisotopic (exact) mass is 332 g/mol. The highest BCUT2D eigenvalue weighted by Gasteiger charge is 2.20. The summed E-state index contributed by atoms with van der Waals surface area (Å²) in [6.07, 6.45) is 4.29. The molecule has 0 spiro atoms. The smallest absolute Gasteiger partial charge is 0.214 e. The lowest BCUT2D eigenvalue weighted by Crippen LogP contribution is -2.19. The maximum absolute atomic E-state index is 11.7. The highest BCUT2D eigenvalue weighted by atomic mass is 16.5. The minimum atomic E-state index is 0.468. The molecule has 25 heavy (non-hydrogen) atoms. The number of nitrogens with zero attached hydrogens (tertiary/aromatic N) is 3. The van der Waals surface area contributed by atoms with Crippen molar-refractivity contribution in [3.63, 3.8) is 0 Å². The first-order valence-corrected chi connectivity index (χ1v) is 7.86. The Bertz CT molecular complexity index is 942. The Morgan fingerprint density at radius 3 is 2.84 bits per heavy atom. The molecular formula is C19H16N4O2. The number of ether oxygens (including phenoxy) is 1. The summed E-state index contributed by atoms with van der Waals surface area (Å²) >= 11 is 0. The van der Waals surface area contributed by atoms with Crippen LogP contribution >= 0.6 is 0 Å². The number of rotatable bonds is 3. The molecule has 1 N–H and O–H groups in total. The fourth-order valence-corrected chi connectivity index (χ4v) is 2.92. The lowest BCUT2D eigenvalue weighted by Gasteiger charge is -2.18. The van der Waals surface area contributed by atoms with E-state index in [2.05, 4.69) is 15.3 Å². The molecule has 124 valence electrons. The maximum Gasteiger partial charge on any atom is 0.214 e. The number of carbonyl (C=O) groups excluding carboxylic acids is 1. The van der Waals surface area contributed by atoms with Crippen LogP contribution in [0.4, 0.5) is 17.2 Å². The largest absolute Gasteiger partial charge is 0.481 e. The van der Waals surface area contributed by atoms with E-state index in [0.717, 1.165) is 40.3 Å². The van der Waals surface area contributed by atoms with Gasteiger partial charge in [-0.05, 0) is 35.4 Å². The molecular weight excluding hydrogens is 316 g/mol. The van der Waals surface area contributed by atoms with Gasteiger partial charge in [0.15, 0.2) is 0 Å². The number of hydrogen-bond donors (Lipinski definition) is 1. The van der Waals surface area contributed by atoms with Gasteiger partial charge in [-0.2, -0.15) is 0 Å². The lowest BCUT2D eigenvalue weighted by molar-refractivity contribution is -0.107. The van der Waals surface area contributed by atoms with E-state index in [0.29, 0.717) is 12.4 Å². The predicted molar refractivity (Wildman–Crippen MR) is 96.0 cm³/mol. The van der Waals surface area contributed by atoms with Crippen LogP contribution in [0.3, 0.4) is 0 Å². The molecule has 1 aromatic carbocycles. The molecule has 3 aromatic rings. The van der Waals surface area contributed by atoms with Crippen molar-refractivity contribution in [1.29, 1.82) is 0 Å². The zero-order valence-electron chi connectivity index (χ0n) is 13.6. The molecule has 6 nitrogen and oxygen atoms in total. The van der Waals surface area contributed by atoms with Gasteiger partial charge < -0.3 is 15.0 Å². The first-order valence-electron chi connectivity index (χ1n) is 7.86. The Morgan fingerprint density at radius 2 is 2.00 bits per heavy atom. The van der Waals surface area contributed by atoms with Crippen LogP contribution in [0.1, 0.15) is 5.56 Å². The molecule has 1 amide bonds. The van der Waals surface area contributed by atoms with Crippen LogP contribution in [0.15, 0.2) is 54.9 Å². The number of amides is 1. The number of anilines is 3. The molecule has 0 bridgehead atoms. The van der Waals surface area contributed by atoms with Crippen molar-refractivity contribution in [2.75, 3.05) is 17.3 Å². The zero-order chi connectivity index (χ0) is 17.2. The number of fused-ring (bicyclic) bond motifs is 2. The summed E-state index contributed by atoms with van der Waals surface area (Å²) in [4.78, 5) is 21.9. The maximum atomic E-state index is 11.7. The molecule has 6 heteroatoms. The Kier molecular flexibility index (Phi) is 3.78. The van der Waals surface area contributed by atoms with E-state index in [1.807, 2.05) is 42.5 Å². The molecule has 3 heterocycles. The topological polar surface area (TPSA) is 67.3 Å². The quantitative estimate of drug-likeness (QED) is 0.745. The Hall–Kier alpha value is -3.41. The third-order valence-electron chi connectivity index (χ3n) is 4.20. The number of methoxy groups -OCH3 is 1. The fraction of sp³-hybridized carbons (Fsp3) is 0.105. The number of benzene rings is 1. The SMILES string of the molecule is COc1cc(-c2ccc3c(c2)N(C=O)Cc2cccnc2N3)ccn1. The van der Waals surface area contributed by atoms with Gasteiger partial charge in [0.1, 0.15) is 5.82 Å². The minimum absolute atomic E-state index is 0.468. The number of pyridine rings is 2. The van der Waals surface area contributed by atoms with E-state index in [-0.39, 0.29) is 0 Å². The second-order valence-electron chi connectivity index (χ2n) is 5.69. The van der Waals surface area contributed by atoms with Crippen molar-refractivity contribution in [2.24, 2.45) is 0 Å². The average Bonchev–Trinajstić information content (AvgIpc) is 2.83. The van der Waals surface area contributed by atoms with Crippen molar-refractivity contribution < 1.29 is 9.53 Å². The molecule has 1 aliphatic rings. The van der Waals surface area contributed by atoms with Crippen molar-refractivity contribution >= 4 is 23.6 Å². The number of hydrogen-bond acceptors (Lipinski definition) is 5. The van der Waals surface area contributed by atoms with E-state index in [1.165, 1.54) is 0 Å². The van der Waals surface area contributed by atoms with Crippen LogP contribution < -0.4 is 15.0 Å². The van der Waals surface area contributed by atoms with E-state index < -0.39 is 0 Å². The molecule has 0 unspecified atom stereocenters. The molecule has 0 fully saturated rings. The van der Waals surface area contributed by atoms with Gasteiger partial charge in [0.25, 0.3) is 0 Å². The van der Waals surface area contributed by atoms with Gasteiger partial charge in [-0.25, -0.2) is 9.97 Å². The third kappa shape index (κ3) is 2.78. The molecule has 0 radical (unpaired) electrons. The van der Waals surface area contributed by atoms with E-state index >= 15 is 0 Å². The Labute approximate surface area is 145 Å². The normalized spacial score (nSPS) is 12.4. The van der Waals surface area contributed by atoms with Crippen molar-refractivity contribution in [2.45, 2.75) is 6.54 Å². The minimum Gasteiger partial charge on any atom is -0.481 e. The predicted octanol–water partition coefficient (Wildman–Crippen LogP) is 3.37. The van der Waals surface area contributed by atoms with Gasteiger partial charge in [0, 0.05) is 24.0 Å². The third-order valence-corrected chi connectivity index (χ3v) is 4.20. The summed E-state index contributed by atoms with van der Waals surface area (Å²) in [6, 6.07) is 13.6. The molecule has 0 atom stereocenters. The average molecular weight is 332 g/mol. The summed E-state index contributed by atoms with van der Waals surface area (Å²) in [5, 5.41) is 3.32. The van der Waals surface area contributed by atoms with Crippen LogP contribution in [0.5, 0.6) is 5.88 Å². The van der Waals surface area contributed by atoms with Gasteiger partial charge >= 0.3 is 0 Å². The Balaban J connectivity index is 1.80. The second kappa shape index (κ2) is 6.24. The molecule has 1 aliphatic heterocycles. The zero-order valence-corrected chi connectivity index (χ0v) is 13.6. The van der Waals surface area contributed by atoms with E-state index in [9.17, 15) is 4.79 Å². The summed E-state index contributed by atoms with van der Waals surface area (Å²) < 4.78 is 5.20. The van der Waals surface area contributed by atoms with Crippen molar-refractivity contribution in [3.8, 4) is 17.0 Å². The van der Waals surface area contributed by atoms with Gasteiger partial charge in [-0.1, -0.05) is 12.1 Å². The standard InChI is InChI=1S/C19H16N4O2/c1-25-18-10-14(6-8-20-18)13-4-5-16-17(9-13)23(12-24)11-15-3-2-7-21-19(15)22-16/h2-10,12H,11H2,1H3,(H,21,22). The van der Waals surface area contributed by atoms with Gasteiger partial charge in [-0.3, -0.25) is 4.79 Å². The van der Waals surface area contributed by atoms with Gasteiger partial charge in [0.2, 0.25) is 12.3 Å². The van der Waals surface area contributed by atoms with E-state index in [1.54, 1.807) is 24.4 Å². The second-order valence-corrected chi connectivity index (χ2v) is 5.69. The van der Waals surface area contributed by atoms with E-state index in [4.69, 9.17) is 4.74 Å². The first kappa shape index (κ1) is 15.1. The van der Waals surface area contributed by atoms with Crippen LogP contribution in [-0.4, -0.2) is 23.5 Å². The van der Waals surface area contributed by atoms with Gasteiger partial charge in [0.05, 0.1) is 25.0 Å². The highest BCUT2D eigenvalue weighted by molar-refractivity contribution is 5.90. The molecule has 0 aliphatic carbocycles. The van der Waals surface area contributed by atoms with Crippen molar-refractivity contribution in [1.82, 2.24) is 9.97 Å². The fourth-order valence-electron chi connectivity index (χ4n) is 2.92. The summed E-state index contributed by atoms with van der Waals surface area (Å²) in [5.41, 5.74) is 4.57. The lowest BCUT2D eigenvalue weighted by atomic mass is 10.0. The Morgan fingerprint density at radius 1 is 1.12 bits per heavy atom. The number of nitrogens with one attached hydrogen (secondary N) is 1. The molecule has 0 saturated heterocycles. The van der Waals surface area contributed by atoms with Crippen LogP contribution in [0.2, 0.25) is 0 Å². The molecule has 2 aromatic heterocycles. The van der Waals surface area contributed by atoms with Crippen molar-refractivity contribution in [3.05, 3.63) is 60.4 Å². The van der Waals surface area contributed by atoms with Crippen LogP contribution in [0, 0.1) is 0 Å². The van der Waals surface area contributed by atoms with Gasteiger partial charge in [-0.15, -0.1) is 0 Å². The summed E-state index contributed by atoms with van der Waals surface area (Å²) in [6.45, 7) is 0.468. The van der Waals surface area contributed by atoms with Crippen LogP contribution in [-0.2, 0) is 11.3 Å². The highest BCUT2D eigenvalue weighted by Crippen LogP contribution is 2.37. The number of carbonyl (C=O) groups is 1. The molecule has 0 saturated carbocycles. The number of aromatic nitrogens is 2. The molecule has 4 rings (SSSR count). The summed E-state index contributed by atoms with van der Waals surface area (Å²) in [7, 11) is 1.59. The van der Waals surface area contributed by atoms with Crippen LogP contribution in [0.25, 0.3) is 11.1 Å².